The predicted octanol–water partition coefficient (Wildman–Crippen LogP) is 2.00. The second-order valence-electron chi connectivity index (χ2n) is 6.14. The molecule has 0 unspecified atom stereocenters. The molecule has 0 saturated carbocycles. The first-order chi connectivity index (χ1) is 13.4. The third-order valence-electron chi connectivity index (χ3n) is 4.16. The molecule has 0 fully saturated rings. The highest BCUT2D eigenvalue weighted by Crippen LogP contribution is 2.23. The highest BCUT2D eigenvalue weighted by atomic mass is 32.2. The van der Waals surface area contributed by atoms with Crippen LogP contribution in [-0.4, -0.2) is 45.0 Å². The van der Waals surface area contributed by atoms with Crippen LogP contribution in [0.5, 0.6) is 0 Å². The second-order valence-corrected chi connectivity index (χ2v) is 8.07. The van der Waals surface area contributed by atoms with Gasteiger partial charge in [-0.15, -0.1) is 0 Å². The van der Waals surface area contributed by atoms with Gasteiger partial charge in [0.2, 0.25) is 0 Å². The van der Waals surface area contributed by atoms with E-state index in [2.05, 4.69) is 0 Å². The number of benzene rings is 2. The van der Waals surface area contributed by atoms with Crippen molar-refractivity contribution >= 4 is 33.7 Å². The van der Waals surface area contributed by atoms with Crippen molar-refractivity contribution in [3.05, 3.63) is 77.2 Å². The number of aldehydes is 1. The third-order valence-corrected chi connectivity index (χ3v) is 5.53. The van der Waals surface area contributed by atoms with Gasteiger partial charge in [-0.05, 0) is 30.3 Å². The Hall–Kier alpha value is -3.26. The summed E-state index contributed by atoms with van der Waals surface area (Å²) >= 11 is 0. The van der Waals surface area contributed by atoms with Gasteiger partial charge in [0.25, 0.3) is 5.91 Å². The predicted molar refractivity (Wildman–Crippen MR) is 103 cm³/mol. The van der Waals surface area contributed by atoms with Crippen molar-refractivity contribution in [2.45, 2.75) is 6.04 Å². The lowest BCUT2D eigenvalue weighted by atomic mass is 10.1. The van der Waals surface area contributed by atoms with Crippen LogP contribution in [0.25, 0.3) is 0 Å². The molecule has 7 nitrogen and oxygen atoms in total. The SMILES string of the molecule is O=Cc1ccc(C(=O)OCC(=O)N(c2ccccc2)[C@H]2C=CS(=O)(=O)C2)cc1. The van der Waals surface area contributed by atoms with Crippen LogP contribution in [0.4, 0.5) is 5.69 Å². The van der Waals surface area contributed by atoms with Crippen molar-refractivity contribution in [1.82, 2.24) is 0 Å². The van der Waals surface area contributed by atoms with Crippen LogP contribution in [0.2, 0.25) is 0 Å². The van der Waals surface area contributed by atoms with Gasteiger partial charge >= 0.3 is 5.97 Å². The Morgan fingerprint density at radius 3 is 2.32 bits per heavy atom. The fourth-order valence-electron chi connectivity index (χ4n) is 2.81. The van der Waals surface area contributed by atoms with Gasteiger partial charge in [-0.3, -0.25) is 9.59 Å². The number of carbonyl (C=O) groups is 3. The number of para-hydroxylation sites is 1. The van der Waals surface area contributed by atoms with E-state index in [9.17, 15) is 22.8 Å². The minimum atomic E-state index is -3.37. The Bertz CT molecular complexity index is 1010. The number of esters is 1. The lowest BCUT2D eigenvalue weighted by Gasteiger charge is -2.27. The van der Waals surface area contributed by atoms with Gasteiger partial charge in [-0.1, -0.05) is 30.3 Å². The molecule has 0 N–H and O–H groups in total. The highest BCUT2D eigenvalue weighted by molar-refractivity contribution is 7.94. The maximum Gasteiger partial charge on any atom is 0.338 e. The minimum Gasteiger partial charge on any atom is -0.452 e. The molecule has 0 saturated heterocycles. The Balaban J connectivity index is 1.73. The van der Waals surface area contributed by atoms with Crippen molar-refractivity contribution in [1.29, 1.82) is 0 Å². The maximum absolute atomic E-state index is 12.8. The summed E-state index contributed by atoms with van der Waals surface area (Å²) in [4.78, 5) is 36.9. The van der Waals surface area contributed by atoms with Crippen LogP contribution in [0.1, 0.15) is 20.7 Å². The van der Waals surface area contributed by atoms with E-state index in [0.29, 0.717) is 17.5 Å². The summed E-state index contributed by atoms with van der Waals surface area (Å²) in [6, 6.07) is 13.7. The molecule has 0 bridgehead atoms. The van der Waals surface area contributed by atoms with E-state index in [4.69, 9.17) is 4.74 Å². The van der Waals surface area contributed by atoms with E-state index in [1.54, 1.807) is 30.3 Å². The number of hydrogen-bond acceptors (Lipinski definition) is 6. The molecule has 1 amide bonds. The summed E-state index contributed by atoms with van der Waals surface area (Å²) in [6.45, 7) is -0.548. The van der Waals surface area contributed by atoms with Crippen LogP contribution in [0.3, 0.4) is 0 Å². The van der Waals surface area contributed by atoms with E-state index in [1.165, 1.54) is 35.2 Å². The lowest BCUT2D eigenvalue weighted by molar-refractivity contribution is -0.121. The average Bonchev–Trinajstić information content (AvgIpc) is 3.06. The van der Waals surface area contributed by atoms with E-state index >= 15 is 0 Å². The van der Waals surface area contributed by atoms with Crippen LogP contribution in [0.15, 0.2) is 66.1 Å². The molecule has 144 valence electrons. The van der Waals surface area contributed by atoms with Crippen LogP contribution in [-0.2, 0) is 19.4 Å². The maximum atomic E-state index is 12.8. The third kappa shape index (κ3) is 4.52. The molecule has 0 spiro atoms. The zero-order valence-corrected chi connectivity index (χ0v) is 15.5. The van der Waals surface area contributed by atoms with Crippen molar-refractivity contribution in [2.24, 2.45) is 0 Å². The van der Waals surface area contributed by atoms with Gasteiger partial charge in [-0.2, -0.15) is 0 Å². The Morgan fingerprint density at radius 2 is 1.75 bits per heavy atom. The monoisotopic (exact) mass is 399 g/mol. The molecule has 1 aliphatic rings. The summed E-state index contributed by atoms with van der Waals surface area (Å²) in [5, 5.41) is 1.08. The second kappa shape index (κ2) is 8.18. The van der Waals surface area contributed by atoms with Gasteiger partial charge in [0.15, 0.2) is 16.4 Å². The Labute approximate surface area is 162 Å². The number of hydrogen-bond donors (Lipinski definition) is 0. The molecular formula is C20H17NO6S. The number of nitrogens with zero attached hydrogens (tertiary/aromatic N) is 1. The zero-order valence-electron chi connectivity index (χ0n) is 14.7. The molecule has 1 aliphatic heterocycles. The summed E-state index contributed by atoms with van der Waals surface area (Å²) in [5.74, 6) is -1.49. The number of ether oxygens (including phenoxy) is 1. The molecule has 8 heteroatoms. The number of sulfone groups is 1. The molecule has 1 heterocycles. The summed E-state index contributed by atoms with van der Waals surface area (Å²) < 4.78 is 28.6. The topological polar surface area (TPSA) is 97.8 Å². The first-order valence-electron chi connectivity index (χ1n) is 8.40. The molecule has 0 radical (unpaired) electrons. The summed E-state index contributed by atoms with van der Waals surface area (Å²) in [6.07, 6.45) is 2.10. The van der Waals surface area contributed by atoms with Gasteiger partial charge in [-0.25, -0.2) is 13.2 Å². The highest BCUT2D eigenvalue weighted by Gasteiger charge is 2.31. The van der Waals surface area contributed by atoms with E-state index in [1.807, 2.05) is 0 Å². The first kappa shape index (κ1) is 19.5. The number of amides is 1. The van der Waals surface area contributed by atoms with Crippen LogP contribution >= 0.6 is 0 Å². The largest absolute Gasteiger partial charge is 0.452 e. The fraction of sp³-hybridized carbons (Fsp3) is 0.150. The Morgan fingerprint density at radius 1 is 1.07 bits per heavy atom. The average molecular weight is 399 g/mol. The van der Waals surface area contributed by atoms with E-state index in [0.717, 1.165) is 5.41 Å². The number of anilines is 1. The van der Waals surface area contributed by atoms with Crippen LogP contribution in [0, 0.1) is 0 Å². The lowest BCUT2D eigenvalue weighted by Crippen LogP contribution is -2.43. The van der Waals surface area contributed by atoms with Gasteiger partial charge < -0.3 is 9.64 Å². The van der Waals surface area contributed by atoms with Gasteiger partial charge in [0, 0.05) is 16.7 Å². The molecule has 28 heavy (non-hydrogen) atoms. The van der Waals surface area contributed by atoms with Gasteiger partial charge in [0.05, 0.1) is 17.4 Å². The molecule has 2 aromatic rings. The van der Waals surface area contributed by atoms with Gasteiger partial charge in [0.1, 0.15) is 6.29 Å². The number of carbonyl (C=O) groups excluding carboxylic acids is 3. The molecule has 0 aromatic heterocycles. The first-order valence-corrected chi connectivity index (χ1v) is 10.1. The summed E-state index contributed by atoms with van der Waals surface area (Å²) in [5.41, 5.74) is 1.12. The fourth-order valence-corrected chi connectivity index (χ4v) is 4.08. The standard InChI is InChI=1S/C20H17NO6S/c22-12-15-6-8-16(9-7-15)20(24)27-13-19(23)21(17-4-2-1-3-5-17)18-10-11-28(25,26)14-18/h1-12,18H,13-14H2/t18-/m0/s1. The minimum absolute atomic E-state index is 0.202. The quantitative estimate of drug-likeness (QED) is 0.544. The molecule has 1 atom stereocenters. The van der Waals surface area contributed by atoms with Crippen LogP contribution < -0.4 is 4.90 Å². The Kier molecular flexibility index (Phi) is 5.70. The number of rotatable bonds is 6. The van der Waals surface area contributed by atoms with Crippen molar-refractivity contribution in [2.75, 3.05) is 17.3 Å². The van der Waals surface area contributed by atoms with E-state index < -0.39 is 34.4 Å². The van der Waals surface area contributed by atoms with Crippen molar-refractivity contribution < 1.29 is 27.5 Å². The molecule has 0 aliphatic carbocycles. The zero-order chi connectivity index (χ0) is 20.1. The van der Waals surface area contributed by atoms with Crippen molar-refractivity contribution in [3.63, 3.8) is 0 Å². The molecule has 3 rings (SSSR count). The smallest absolute Gasteiger partial charge is 0.338 e. The molecule has 2 aromatic carbocycles. The van der Waals surface area contributed by atoms with E-state index in [-0.39, 0.29) is 11.3 Å². The normalized spacial score (nSPS) is 17.1. The summed E-state index contributed by atoms with van der Waals surface area (Å²) in [7, 11) is -3.37. The molecular weight excluding hydrogens is 382 g/mol. The van der Waals surface area contributed by atoms with Crippen molar-refractivity contribution in [3.8, 4) is 0 Å².